The first-order valence-electron chi connectivity index (χ1n) is 15.3. The lowest BCUT2D eigenvalue weighted by Gasteiger charge is -2.60. The standard InChI is InChI=1S/C34H46N2O4/c1-26(37)40-34-19-18-30(35(2)32(39)15-8-4-7-12-27-10-5-3-6-11-27)23-33(34,29-13-9-14-31(38)22-29)20-21-36(25-34)24-28-16-17-28/h3,5-6,9-11,13-14,22,28,30,38H,4,7-8,12,15-21,23-25H2,1-2H3. The molecule has 1 heterocycles. The van der Waals surface area contributed by atoms with Gasteiger partial charge in [0.05, 0.1) is 0 Å². The Balaban J connectivity index is 1.29. The molecule has 5 rings (SSSR count). The van der Waals surface area contributed by atoms with Crippen LogP contribution in [0.4, 0.5) is 0 Å². The molecule has 0 aromatic heterocycles. The Morgan fingerprint density at radius 3 is 2.55 bits per heavy atom. The molecule has 1 saturated heterocycles. The van der Waals surface area contributed by atoms with Gasteiger partial charge in [-0.15, -0.1) is 0 Å². The molecule has 1 amide bonds. The molecule has 0 spiro atoms. The van der Waals surface area contributed by atoms with Gasteiger partial charge in [-0.1, -0.05) is 48.9 Å². The molecule has 0 bridgehead atoms. The molecule has 2 aromatic carbocycles. The highest BCUT2D eigenvalue weighted by Gasteiger charge is 2.61. The quantitative estimate of drug-likeness (QED) is 0.282. The first-order valence-corrected chi connectivity index (χ1v) is 15.3. The molecule has 2 aliphatic carbocycles. The number of carbonyl (C=O) groups excluding carboxylic acids is 2. The summed E-state index contributed by atoms with van der Waals surface area (Å²) in [6.45, 7) is 4.22. The lowest BCUT2D eigenvalue weighted by molar-refractivity contribution is -0.190. The van der Waals surface area contributed by atoms with Crippen LogP contribution in [-0.2, 0) is 26.2 Å². The number of phenols is 1. The van der Waals surface area contributed by atoms with Crippen LogP contribution in [-0.4, -0.2) is 65.1 Å². The predicted octanol–water partition coefficient (Wildman–Crippen LogP) is 5.86. The number of likely N-dealkylation sites (tertiary alicyclic amines) is 1. The first-order chi connectivity index (χ1) is 19.3. The maximum Gasteiger partial charge on any atom is 0.303 e. The molecule has 6 nitrogen and oxygen atoms in total. The fourth-order valence-electron chi connectivity index (χ4n) is 7.42. The SMILES string of the molecule is CC(=O)OC12CCC(N(C)C(=O)CCCCCc3ccccc3)CC1(c1cccc(O)c1)CCN(CC1CC1)C2. The van der Waals surface area contributed by atoms with Gasteiger partial charge in [-0.25, -0.2) is 0 Å². The molecule has 2 saturated carbocycles. The minimum absolute atomic E-state index is 0.0674. The number of unbranched alkanes of at least 4 members (excludes halogenated alkanes) is 2. The number of ether oxygens (including phenoxy) is 1. The number of aromatic hydroxyl groups is 1. The molecule has 1 aliphatic heterocycles. The van der Waals surface area contributed by atoms with Crippen LogP contribution in [0.25, 0.3) is 0 Å². The maximum absolute atomic E-state index is 13.4. The number of phenolic OH excluding ortho intramolecular Hbond substituents is 1. The molecule has 1 N–H and O–H groups in total. The number of esters is 1. The third kappa shape index (κ3) is 6.38. The van der Waals surface area contributed by atoms with E-state index in [1.54, 1.807) is 6.07 Å². The number of piperidine rings is 1. The van der Waals surface area contributed by atoms with Crippen molar-refractivity contribution in [1.29, 1.82) is 0 Å². The Morgan fingerprint density at radius 1 is 1.02 bits per heavy atom. The molecule has 40 heavy (non-hydrogen) atoms. The summed E-state index contributed by atoms with van der Waals surface area (Å²) >= 11 is 0. The zero-order valence-corrected chi connectivity index (χ0v) is 24.3. The molecule has 3 atom stereocenters. The number of amides is 1. The number of aryl methyl sites for hydroxylation is 1. The van der Waals surface area contributed by atoms with Crippen molar-refractivity contribution in [2.75, 3.05) is 26.7 Å². The van der Waals surface area contributed by atoms with Gasteiger partial charge in [0.15, 0.2) is 0 Å². The predicted molar refractivity (Wildman–Crippen MR) is 157 cm³/mol. The normalized spacial score (nSPS) is 26.6. The van der Waals surface area contributed by atoms with Crippen LogP contribution in [0.15, 0.2) is 54.6 Å². The van der Waals surface area contributed by atoms with Crippen molar-refractivity contribution < 1.29 is 19.4 Å². The van der Waals surface area contributed by atoms with E-state index in [-0.39, 0.29) is 23.7 Å². The second kappa shape index (κ2) is 12.3. The number of nitrogens with zero attached hydrogens (tertiary/aromatic N) is 2. The van der Waals surface area contributed by atoms with Crippen molar-refractivity contribution in [3.63, 3.8) is 0 Å². The van der Waals surface area contributed by atoms with Crippen LogP contribution in [0.5, 0.6) is 5.75 Å². The molecule has 2 aromatic rings. The van der Waals surface area contributed by atoms with Gasteiger partial charge in [0.1, 0.15) is 11.4 Å². The van der Waals surface area contributed by atoms with E-state index in [0.29, 0.717) is 19.4 Å². The Labute approximate surface area is 239 Å². The third-order valence-corrected chi connectivity index (χ3v) is 9.76. The maximum atomic E-state index is 13.4. The minimum atomic E-state index is -0.669. The highest BCUT2D eigenvalue weighted by atomic mass is 16.6. The molecule has 3 unspecified atom stereocenters. The summed E-state index contributed by atoms with van der Waals surface area (Å²) in [7, 11) is 1.95. The van der Waals surface area contributed by atoms with Gasteiger partial charge in [0.25, 0.3) is 0 Å². The zero-order chi connectivity index (χ0) is 28.2. The summed E-state index contributed by atoms with van der Waals surface area (Å²) in [6.07, 6.45) is 10.3. The third-order valence-electron chi connectivity index (χ3n) is 9.76. The Kier molecular flexibility index (Phi) is 8.84. The highest BCUT2D eigenvalue weighted by molar-refractivity contribution is 5.76. The van der Waals surface area contributed by atoms with Gasteiger partial charge in [0.2, 0.25) is 5.91 Å². The molecule has 3 aliphatic rings. The van der Waals surface area contributed by atoms with Crippen molar-refractivity contribution in [3.8, 4) is 5.75 Å². The van der Waals surface area contributed by atoms with Gasteiger partial charge >= 0.3 is 5.97 Å². The lowest BCUT2D eigenvalue weighted by Crippen LogP contribution is -2.68. The lowest BCUT2D eigenvalue weighted by atomic mass is 9.55. The van der Waals surface area contributed by atoms with Gasteiger partial charge in [0, 0.05) is 44.9 Å². The molecule has 216 valence electrons. The van der Waals surface area contributed by atoms with E-state index < -0.39 is 11.0 Å². The van der Waals surface area contributed by atoms with Crippen molar-refractivity contribution in [1.82, 2.24) is 9.80 Å². The summed E-state index contributed by atoms with van der Waals surface area (Å²) in [5.41, 5.74) is 1.25. The van der Waals surface area contributed by atoms with Gasteiger partial charge in [-0.05, 0) is 93.5 Å². The highest BCUT2D eigenvalue weighted by Crippen LogP contribution is 2.55. The fourth-order valence-corrected chi connectivity index (χ4v) is 7.42. The Hall–Kier alpha value is -2.86. The summed E-state index contributed by atoms with van der Waals surface area (Å²) in [5, 5.41) is 10.5. The van der Waals surface area contributed by atoms with Crippen LogP contribution >= 0.6 is 0 Å². The van der Waals surface area contributed by atoms with Gasteiger partial charge < -0.3 is 14.7 Å². The minimum Gasteiger partial charge on any atom is -0.508 e. The van der Waals surface area contributed by atoms with Gasteiger partial charge in [-0.2, -0.15) is 0 Å². The van der Waals surface area contributed by atoms with Crippen LogP contribution in [0.3, 0.4) is 0 Å². The average Bonchev–Trinajstić information content (AvgIpc) is 3.76. The topological polar surface area (TPSA) is 70.1 Å². The molecule has 3 fully saturated rings. The van der Waals surface area contributed by atoms with E-state index >= 15 is 0 Å². The van der Waals surface area contributed by atoms with E-state index in [0.717, 1.165) is 69.5 Å². The fraction of sp³-hybridized carbons (Fsp3) is 0.588. The van der Waals surface area contributed by atoms with E-state index in [9.17, 15) is 14.7 Å². The zero-order valence-electron chi connectivity index (χ0n) is 24.3. The summed E-state index contributed by atoms with van der Waals surface area (Å²) in [5.74, 6) is 0.930. The molecule has 6 heteroatoms. The molecular weight excluding hydrogens is 500 g/mol. The molecule has 0 radical (unpaired) electrons. The smallest absolute Gasteiger partial charge is 0.303 e. The van der Waals surface area contributed by atoms with E-state index in [1.807, 2.05) is 30.1 Å². The Bertz CT molecular complexity index is 1170. The van der Waals surface area contributed by atoms with Crippen LogP contribution in [0.2, 0.25) is 0 Å². The summed E-state index contributed by atoms with van der Waals surface area (Å²) in [4.78, 5) is 30.4. The van der Waals surface area contributed by atoms with Crippen molar-refractivity contribution >= 4 is 11.9 Å². The number of hydrogen-bond donors (Lipinski definition) is 1. The van der Waals surface area contributed by atoms with E-state index in [1.165, 1.54) is 25.3 Å². The Morgan fingerprint density at radius 2 is 1.82 bits per heavy atom. The summed E-state index contributed by atoms with van der Waals surface area (Å²) < 4.78 is 6.36. The number of rotatable bonds is 11. The second-order valence-electron chi connectivity index (χ2n) is 12.6. The van der Waals surface area contributed by atoms with Gasteiger partial charge in [-0.3, -0.25) is 14.5 Å². The van der Waals surface area contributed by atoms with Crippen molar-refractivity contribution in [2.24, 2.45) is 5.92 Å². The van der Waals surface area contributed by atoms with Crippen molar-refractivity contribution in [3.05, 3.63) is 65.7 Å². The second-order valence-corrected chi connectivity index (χ2v) is 12.6. The van der Waals surface area contributed by atoms with E-state index in [2.05, 4.69) is 35.2 Å². The van der Waals surface area contributed by atoms with E-state index in [4.69, 9.17) is 4.74 Å². The summed E-state index contributed by atoms with van der Waals surface area (Å²) in [6, 6.07) is 18.1. The first kappa shape index (κ1) is 28.7. The number of benzene rings is 2. The van der Waals surface area contributed by atoms with Crippen molar-refractivity contribution in [2.45, 2.75) is 94.6 Å². The number of fused-ring (bicyclic) bond motifs is 1. The largest absolute Gasteiger partial charge is 0.508 e. The van der Waals surface area contributed by atoms with Crippen LogP contribution in [0, 0.1) is 5.92 Å². The van der Waals surface area contributed by atoms with Crippen LogP contribution in [0.1, 0.15) is 82.3 Å². The monoisotopic (exact) mass is 546 g/mol. The number of carbonyl (C=O) groups is 2. The molecular formula is C34H46N2O4. The average molecular weight is 547 g/mol. The number of hydrogen-bond acceptors (Lipinski definition) is 5. The van der Waals surface area contributed by atoms with Crippen LogP contribution < -0.4 is 0 Å².